The van der Waals surface area contributed by atoms with Gasteiger partial charge >= 0.3 is 11.9 Å². The SMILES string of the molecule is CCCCCC1CCC(C(=O)Oc2ccc(C=CC(=O)O)cc2)CC1. The smallest absolute Gasteiger partial charge is 0.328 e. The molecule has 2 rings (SSSR count). The molecule has 0 spiro atoms. The van der Waals surface area contributed by atoms with E-state index in [4.69, 9.17) is 9.84 Å². The van der Waals surface area contributed by atoms with Gasteiger partial charge in [-0.1, -0.05) is 44.7 Å². The Morgan fingerprint density at radius 1 is 1.12 bits per heavy atom. The Balaban J connectivity index is 1.77. The fourth-order valence-electron chi connectivity index (χ4n) is 3.38. The van der Waals surface area contributed by atoms with Crippen molar-refractivity contribution >= 4 is 18.0 Å². The number of aliphatic carboxylic acids is 1. The number of carbonyl (C=O) groups excluding carboxylic acids is 1. The van der Waals surface area contributed by atoms with Crippen molar-refractivity contribution in [2.75, 3.05) is 0 Å². The van der Waals surface area contributed by atoms with Crippen LogP contribution in [0.4, 0.5) is 0 Å². The lowest BCUT2D eigenvalue weighted by Crippen LogP contribution is -2.25. The zero-order valence-corrected chi connectivity index (χ0v) is 14.9. The molecule has 1 saturated carbocycles. The topological polar surface area (TPSA) is 63.6 Å². The summed E-state index contributed by atoms with van der Waals surface area (Å²) in [6.07, 6.45) is 11.9. The molecular weight excluding hydrogens is 316 g/mol. The van der Waals surface area contributed by atoms with Gasteiger partial charge in [-0.3, -0.25) is 4.79 Å². The molecule has 0 amide bonds. The van der Waals surface area contributed by atoms with Crippen molar-refractivity contribution in [3.63, 3.8) is 0 Å². The van der Waals surface area contributed by atoms with E-state index in [0.29, 0.717) is 5.75 Å². The quantitative estimate of drug-likeness (QED) is 0.309. The molecule has 0 heterocycles. The molecule has 1 aliphatic carbocycles. The molecule has 0 unspecified atom stereocenters. The molecule has 0 aromatic heterocycles. The Morgan fingerprint density at radius 2 is 1.80 bits per heavy atom. The van der Waals surface area contributed by atoms with Crippen LogP contribution in [0.1, 0.15) is 63.9 Å². The van der Waals surface area contributed by atoms with E-state index in [9.17, 15) is 9.59 Å². The van der Waals surface area contributed by atoms with Gasteiger partial charge in [0.2, 0.25) is 0 Å². The highest BCUT2D eigenvalue weighted by Gasteiger charge is 2.27. The van der Waals surface area contributed by atoms with Crippen molar-refractivity contribution in [3.8, 4) is 5.75 Å². The average molecular weight is 344 g/mol. The van der Waals surface area contributed by atoms with E-state index in [-0.39, 0.29) is 11.9 Å². The molecule has 25 heavy (non-hydrogen) atoms. The maximum Gasteiger partial charge on any atom is 0.328 e. The lowest BCUT2D eigenvalue weighted by atomic mass is 9.80. The van der Waals surface area contributed by atoms with E-state index >= 15 is 0 Å². The van der Waals surface area contributed by atoms with Gasteiger partial charge in [-0.2, -0.15) is 0 Å². The summed E-state index contributed by atoms with van der Waals surface area (Å²) < 4.78 is 5.49. The zero-order chi connectivity index (χ0) is 18.1. The van der Waals surface area contributed by atoms with Crippen LogP contribution in [0.2, 0.25) is 0 Å². The number of hydrogen-bond acceptors (Lipinski definition) is 3. The molecule has 136 valence electrons. The summed E-state index contributed by atoms with van der Waals surface area (Å²) in [6.45, 7) is 2.22. The number of esters is 1. The predicted octanol–water partition coefficient (Wildman–Crippen LogP) is 5.08. The summed E-state index contributed by atoms with van der Waals surface area (Å²) in [5.74, 6) is 0.175. The fourth-order valence-corrected chi connectivity index (χ4v) is 3.38. The van der Waals surface area contributed by atoms with E-state index in [1.165, 1.54) is 31.8 Å². The van der Waals surface area contributed by atoms with E-state index < -0.39 is 5.97 Å². The molecule has 0 atom stereocenters. The molecule has 1 N–H and O–H groups in total. The maximum atomic E-state index is 12.3. The molecule has 0 bridgehead atoms. The molecule has 4 nitrogen and oxygen atoms in total. The highest BCUT2D eigenvalue weighted by Crippen LogP contribution is 2.33. The Kier molecular flexibility index (Phi) is 7.71. The van der Waals surface area contributed by atoms with Crippen molar-refractivity contribution in [3.05, 3.63) is 35.9 Å². The van der Waals surface area contributed by atoms with Crippen LogP contribution < -0.4 is 4.74 Å². The average Bonchev–Trinajstić information content (AvgIpc) is 2.62. The van der Waals surface area contributed by atoms with Crippen LogP contribution in [0.15, 0.2) is 30.3 Å². The van der Waals surface area contributed by atoms with Gasteiger partial charge in [-0.15, -0.1) is 0 Å². The number of unbranched alkanes of at least 4 members (excludes halogenated alkanes) is 2. The minimum absolute atomic E-state index is 0.00834. The third kappa shape index (κ3) is 6.73. The van der Waals surface area contributed by atoms with E-state index in [0.717, 1.165) is 43.2 Å². The Hall–Kier alpha value is -2.10. The van der Waals surface area contributed by atoms with Gasteiger partial charge in [-0.25, -0.2) is 4.79 Å². The molecular formula is C21H28O4. The molecule has 1 aliphatic rings. The Morgan fingerprint density at radius 3 is 2.40 bits per heavy atom. The maximum absolute atomic E-state index is 12.3. The van der Waals surface area contributed by atoms with Gasteiger partial charge in [0.15, 0.2) is 0 Å². The number of carboxylic acids is 1. The largest absolute Gasteiger partial charge is 0.478 e. The molecule has 1 aromatic carbocycles. The van der Waals surface area contributed by atoms with Gasteiger partial charge in [0.1, 0.15) is 5.75 Å². The standard InChI is InChI=1S/C21H28O4/c1-2-3-4-5-16-6-11-18(12-7-16)21(24)25-19-13-8-17(9-14-19)10-15-20(22)23/h8-10,13-16,18H,2-7,11-12H2,1H3,(H,22,23). The van der Waals surface area contributed by atoms with Gasteiger partial charge in [0.25, 0.3) is 0 Å². The van der Waals surface area contributed by atoms with Crippen LogP contribution in [0.25, 0.3) is 6.08 Å². The second-order valence-corrected chi connectivity index (χ2v) is 6.88. The van der Waals surface area contributed by atoms with Crippen LogP contribution in [-0.2, 0) is 9.59 Å². The summed E-state index contributed by atoms with van der Waals surface area (Å²) >= 11 is 0. The summed E-state index contributed by atoms with van der Waals surface area (Å²) in [6, 6.07) is 6.89. The van der Waals surface area contributed by atoms with Crippen LogP contribution >= 0.6 is 0 Å². The first kappa shape index (κ1) is 19.2. The Bertz CT molecular complexity index is 580. The van der Waals surface area contributed by atoms with Crippen molar-refractivity contribution in [1.29, 1.82) is 0 Å². The molecule has 1 aromatic rings. The lowest BCUT2D eigenvalue weighted by Gasteiger charge is -2.27. The summed E-state index contributed by atoms with van der Waals surface area (Å²) in [4.78, 5) is 22.8. The molecule has 0 radical (unpaired) electrons. The third-order valence-corrected chi connectivity index (χ3v) is 4.91. The first-order valence-electron chi connectivity index (χ1n) is 9.31. The summed E-state index contributed by atoms with van der Waals surface area (Å²) in [5, 5.41) is 8.62. The monoisotopic (exact) mass is 344 g/mol. The van der Waals surface area contributed by atoms with E-state index in [1.54, 1.807) is 24.3 Å². The molecule has 1 fully saturated rings. The second-order valence-electron chi connectivity index (χ2n) is 6.88. The van der Waals surface area contributed by atoms with Crippen molar-refractivity contribution < 1.29 is 19.4 Å². The predicted molar refractivity (Wildman–Crippen MR) is 98.3 cm³/mol. The second kappa shape index (κ2) is 10.0. The third-order valence-electron chi connectivity index (χ3n) is 4.91. The first-order valence-corrected chi connectivity index (χ1v) is 9.31. The minimum atomic E-state index is -0.985. The highest BCUT2D eigenvalue weighted by molar-refractivity contribution is 5.85. The number of carbonyl (C=O) groups is 2. The molecule has 0 saturated heterocycles. The fraction of sp³-hybridized carbons (Fsp3) is 0.524. The van der Waals surface area contributed by atoms with Crippen LogP contribution in [0, 0.1) is 11.8 Å². The lowest BCUT2D eigenvalue weighted by molar-refractivity contribution is -0.140. The van der Waals surface area contributed by atoms with Crippen molar-refractivity contribution in [1.82, 2.24) is 0 Å². The van der Waals surface area contributed by atoms with Crippen LogP contribution in [-0.4, -0.2) is 17.0 Å². The number of rotatable bonds is 8. The van der Waals surface area contributed by atoms with Crippen molar-refractivity contribution in [2.24, 2.45) is 11.8 Å². The van der Waals surface area contributed by atoms with E-state index in [2.05, 4.69) is 6.92 Å². The number of hydrogen-bond donors (Lipinski definition) is 1. The Labute approximate surface area is 149 Å². The molecule has 0 aliphatic heterocycles. The molecule has 4 heteroatoms. The highest BCUT2D eigenvalue weighted by atomic mass is 16.5. The van der Waals surface area contributed by atoms with E-state index in [1.807, 2.05) is 0 Å². The summed E-state index contributed by atoms with van der Waals surface area (Å²) in [7, 11) is 0. The van der Waals surface area contributed by atoms with Gasteiger partial charge in [0.05, 0.1) is 5.92 Å². The van der Waals surface area contributed by atoms with Gasteiger partial charge in [-0.05, 0) is 55.4 Å². The minimum Gasteiger partial charge on any atom is -0.478 e. The summed E-state index contributed by atoms with van der Waals surface area (Å²) in [5.41, 5.74) is 0.759. The number of ether oxygens (including phenoxy) is 1. The number of carboxylic acid groups (broad SMARTS) is 1. The van der Waals surface area contributed by atoms with Crippen LogP contribution in [0.3, 0.4) is 0 Å². The van der Waals surface area contributed by atoms with Gasteiger partial charge in [0, 0.05) is 6.08 Å². The zero-order valence-electron chi connectivity index (χ0n) is 14.9. The first-order chi connectivity index (χ1) is 12.1. The van der Waals surface area contributed by atoms with Gasteiger partial charge < -0.3 is 9.84 Å². The number of benzene rings is 1. The van der Waals surface area contributed by atoms with Crippen molar-refractivity contribution in [2.45, 2.75) is 58.3 Å². The normalized spacial score (nSPS) is 20.5. The van der Waals surface area contributed by atoms with Crippen LogP contribution in [0.5, 0.6) is 5.75 Å².